The van der Waals surface area contributed by atoms with E-state index in [0.29, 0.717) is 11.3 Å². The summed E-state index contributed by atoms with van der Waals surface area (Å²) in [5, 5.41) is 7.91. The van der Waals surface area contributed by atoms with Crippen LogP contribution in [0.3, 0.4) is 0 Å². The van der Waals surface area contributed by atoms with Gasteiger partial charge in [-0.15, -0.1) is 0 Å². The Morgan fingerprint density at radius 1 is 1.12 bits per heavy atom. The second-order valence-electron chi connectivity index (χ2n) is 5.55. The van der Waals surface area contributed by atoms with Crippen LogP contribution in [-0.4, -0.2) is 48.0 Å². The first-order valence-electron chi connectivity index (χ1n) is 7.72. The maximum absolute atomic E-state index is 13.3. The molecule has 0 radical (unpaired) electrons. The number of amides is 2. The standard InChI is InChI=1S/C17H18N2O4S2/c20-17(18-21)19-10-11-24-12-16(19)25(22,23)15-9-5-4-8-14(15)13-6-2-1-3-7-13/h1-9,16,21H,10-12H2,(H,18,20). The van der Waals surface area contributed by atoms with Gasteiger partial charge < -0.3 is 4.90 Å². The molecule has 6 nitrogen and oxygen atoms in total. The Bertz CT molecular complexity index is 856. The van der Waals surface area contributed by atoms with Gasteiger partial charge in [0, 0.05) is 23.6 Å². The lowest BCUT2D eigenvalue weighted by Crippen LogP contribution is -2.53. The molecule has 1 fully saturated rings. The molecule has 8 heteroatoms. The second kappa shape index (κ2) is 7.47. The lowest BCUT2D eigenvalue weighted by atomic mass is 10.1. The summed E-state index contributed by atoms with van der Waals surface area (Å²) in [5.41, 5.74) is 2.94. The average Bonchev–Trinajstić information content (AvgIpc) is 2.68. The SMILES string of the molecule is O=C(NO)N1CCSCC1S(=O)(=O)c1ccccc1-c1ccccc1. The molecule has 1 aliphatic heterocycles. The first kappa shape index (κ1) is 17.8. The number of thioether (sulfide) groups is 1. The number of nitrogens with one attached hydrogen (secondary N) is 1. The number of sulfone groups is 1. The summed E-state index contributed by atoms with van der Waals surface area (Å²) in [6, 6.07) is 15.2. The molecule has 0 saturated carbocycles. The van der Waals surface area contributed by atoms with E-state index in [4.69, 9.17) is 5.21 Å². The largest absolute Gasteiger partial charge is 0.342 e. The third-order valence-corrected chi connectivity index (χ3v) is 7.42. The van der Waals surface area contributed by atoms with Gasteiger partial charge in [-0.2, -0.15) is 11.8 Å². The van der Waals surface area contributed by atoms with E-state index in [-0.39, 0.29) is 17.2 Å². The number of nitrogens with zero attached hydrogens (tertiary/aromatic N) is 1. The van der Waals surface area contributed by atoms with Crippen molar-refractivity contribution in [2.45, 2.75) is 10.3 Å². The Kier molecular flexibility index (Phi) is 5.31. The average molecular weight is 378 g/mol. The number of carbonyl (C=O) groups is 1. The van der Waals surface area contributed by atoms with Crippen molar-refractivity contribution in [2.24, 2.45) is 0 Å². The fourth-order valence-electron chi connectivity index (χ4n) is 2.85. The summed E-state index contributed by atoms with van der Waals surface area (Å²) < 4.78 is 26.6. The first-order chi connectivity index (χ1) is 12.1. The summed E-state index contributed by atoms with van der Waals surface area (Å²) in [6.07, 6.45) is 0. The van der Waals surface area contributed by atoms with Crippen molar-refractivity contribution in [2.75, 3.05) is 18.1 Å². The Hall–Kier alpha value is -2.03. The van der Waals surface area contributed by atoms with Crippen molar-refractivity contribution in [3.8, 4) is 11.1 Å². The molecule has 2 amide bonds. The van der Waals surface area contributed by atoms with E-state index in [9.17, 15) is 13.2 Å². The Balaban J connectivity index is 2.07. The van der Waals surface area contributed by atoms with Gasteiger partial charge in [0.05, 0.1) is 4.90 Å². The molecule has 0 spiro atoms. The number of hydroxylamine groups is 1. The fraction of sp³-hybridized carbons (Fsp3) is 0.235. The molecule has 2 N–H and O–H groups in total. The van der Waals surface area contributed by atoms with E-state index in [2.05, 4.69) is 0 Å². The number of hydrogen-bond acceptors (Lipinski definition) is 5. The molecule has 0 bridgehead atoms. The van der Waals surface area contributed by atoms with Crippen LogP contribution in [-0.2, 0) is 9.84 Å². The fourth-order valence-corrected chi connectivity index (χ4v) is 6.32. The predicted molar refractivity (Wildman–Crippen MR) is 97.2 cm³/mol. The van der Waals surface area contributed by atoms with Crippen LogP contribution in [0.4, 0.5) is 4.79 Å². The van der Waals surface area contributed by atoms with Crippen LogP contribution < -0.4 is 5.48 Å². The molecule has 0 aliphatic carbocycles. The van der Waals surface area contributed by atoms with Gasteiger partial charge >= 0.3 is 6.03 Å². The lowest BCUT2D eigenvalue weighted by molar-refractivity contribution is 0.128. The van der Waals surface area contributed by atoms with Gasteiger partial charge in [-0.05, 0) is 11.6 Å². The number of benzene rings is 2. The third kappa shape index (κ3) is 3.51. The lowest BCUT2D eigenvalue weighted by Gasteiger charge is -2.34. The maximum atomic E-state index is 13.3. The highest BCUT2D eigenvalue weighted by Crippen LogP contribution is 2.32. The second-order valence-corrected chi connectivity index (χ2v) is 8.77. The minimum absolute atomic E-state index is 0.185. The normalized spacial score (nSPS) is 18.0. The smallest absolute Gasteiger partial charge is 0.304 e. The van der Waals surface area contributed by atoms with E-state index >= 15 is 0 Å². The predicted octanol–water partition coefficient (Wildman–Crippen LogP) is 2.60. The Labute approximate surface area is 150 Å². The van der Waals surface area contributed by atoms with Crippen molar-refractivity contribution < 1.29 is 18.4 Å². The molecule has 1 saturated heterocycles. The van der Waals surface area contributed by atoms with Crippen LogP contribution in [0.5, 0.6) is 0 Å². The van der Waals surface area contributed by atoms with Crippen LogP contribution in [0.1, 0.15) is 0 Å². The van der Waals surface area contributed by atoms with Gasteiger partial charge in [0.2, 0.25) is 9.84 Å². The summed E-state index contributed by atoms with van der Waals surface area (Å²) in [7, 11) is -3.81. The van der Waals surface area contributed by atoms with Gasteiger partial charge in [0.25, 0.3) is 0 Å². The van der Waals surface area contributed by atoms with Gasteiger partial charge in [0.15, 0.2) is 0 Å². The minimum atomic E-state index is -3.81. The molecule has 25 heavy (non-hydrogen) atoms. The maximum Gasteiger partial charge on any atom is 0.342 e. The van der Waals surface area contributed by atoms with Crippen LogP contribution in [0.15, 0.2) is 59.5 Å². The van der Waals surface area contributed by atoms with Crippen LogP contribution in [0, 0.1) is 0 Å². The Morgan fingerprint density at radius 3 is 2.52 bits per heavy atom. The molecular weight excluding hydrogens is 360 g/mol. The number of rotatable bonds is 3. The molecular formula is C17H18N2O4S2. The highest BCUT2D eigenvalue weighted by molar-refractivity contribution is 8.01. The zero-order chi connectivity index (χ0) is 17.9. The van der Waals surface area contributed by atoms with E-state index in [1.54, 1.807) is 29.7 Å². The first-order valence-corrected chi connectivity index (χ1v) is 10.4. The minimum Gasteiger partial charge on any atom is -0.304 e. The molecule has 132 valence electrons. The quantitative estimate of drug-likeness (QED) is 0.633. The summed E-state index contributed by atoms with van der Waals surface area (Å²) in [4.78, 5) is 13.3. The molecule has 3 rings (SSSR count). The molecule has 1 aliphatic rings. The zero-order valence-corrected chi connectivity index (χ0v) is 15.0. The zero-order valence-electron chi connectivity index (χ0n) is 13.3. The highest BCUT2D eigenvalue weighted by atomic mass is 32.2. The number of urea groups is 1. The topological polar surface area (TPSA) is 86.7 Å². The van der Waals surface area contributed by atoms with Gasteiger partial charge in [-0.25, -0.2) is 18.7 Å². The van der Waals surface area contributed by atoms with E-state index in [1.165, 1.54) is 16.7 Å². The highest BCUT2D eigenvalue weighted by Gasteiger charge is 2.39. The molecule has 2 aromatic carbocycles. The summed E-state index contributed by atoms with van der Waals surface area (Å²) in [5.74, 6) is 0.888. The number of carbonyl (C=O) groups excluding carboxylic acids is 1. The molecule has 1 heterocycles. The molecule has 1 atom stereocenters. The van der Waals surface area contributed by atoms with Gasteiger partial charge in [-0.1, -0.05) is 48.5 Å². The van der Waals surface area contributed by atoms with Gasteiger partial charge in [0.1, 0.15) is 5.37 Å². The van der Waals surface area contributed by atoms with Crippen molar-refractivity contribution in [1.82, 2.24) is 10.4 Å². The van der Waals surface area contributed by atoms with Crippen LogP contribution in [0.25, 0.3) is 11.1 Å². The van der Waals surface area contributed by atoms with Crippen molar-refractivity contribution in [3.05, 3.63) is 54.6 Å². The van der Waals surface area contributed by atoms with E-state index in [1.807, 2.05) is 30.3 Å². The Morgan fingerprint density at radius 2 is 1.80 bits per heavy atom. The van der Waals surface area contributed by atoms with Crippen molar-refractivity contribution in [1.29, 1.82) is 0 Å². The van der Waals surface area contributed by atoms with Crippen LogP contribution >= 0.6 is 11.8 Å². The van der Waals surface area contributed by atoms with E-state index < -0.39 is 21.2 Å². The van der Waals surface area contributed by atoms with E-state index in [0.717, 1.165) is 5.56 Å². The van der Waals surface area contributed by atoms with Crippen LogP contribution in [0.2, 0.25) is 0 Å². The van der Waals surface area contributed by atoms with Crippen molar-refractivity contribution >= 4 is 27.6 Å². The number of hydrogen-bond donors (Lipinski definition) is 2. The molecule has 1 unspecified atom stereocenters. The summed E-state index contributed by atoms with van der Waals surface area (Å²) >= 11 is 1.48. The molecule has 2 aromatic rings. The van der Waals surface area contributed by atoms with Crippen molar-refractivity contribution in [3.63, 3.8) is 0 Å². The monoisotopic (exact) mass is 378 g/mol. The molecule has 0 aromatic heterocycles. The van der Waals surface area contributed by atoms with Gasteiger partial charge in [-0.3, -0.25) is 5.21 Å². The third-order valence-electron chi connectivity index (χ3n) is 4.08. The summed E-state index contributed by atoms with van der Waals surface area (Å²) in [6.45, 7) is 0.258.